The molecule has 5 rings (SSSR count). The Kier molecular flexibility index (Phi) is 5.24. The van der Waals surface area contributed by atoms with Gasteiger partial charge in [-0.3, -0.25) is 19.3 Å². The molecule has 0 fully saturated rings. The number of rotatable bonds is 2. The van der Waals surface area contributed by atoms with Gasteiger partial charge in [0.1, 0.15) is 18.8 Å². The van der Waals surface area contributed by atoms with E-state index < -0.39 is 47.7 Å². The molecule has 2 atom stereocenters. The van der Waals surface area contributed by atoms with Gasteiger partial charge in [-0.15, -0.1) is 0 Å². The van der Waals surface area contributed by atoms with Gasteiger partial charge in [0, 0.05) is 17.2 Å². The number of hydrogen-bond acceptors (Lipinski definition) is 7. The number of alkyl halides is 3. The average molecular weight is 504 g/mol. The summed E-state index contributed by atoms with van der Waals surface area (Å²) in [4.78, 5) is 27.3. The van der Waals surface area contributed by atoms with Gasteiger partial charge in [-0.2, -0.15) is 13.2 Å². The number of thioether (sulfide) groups is 1. The minimum atomic E-state index is -4.74. The summed E-state index contributed by atoms with van der Waals surface area (Å²) in [6.07, 6.45) is -3.47. The maximum absolute atomic E-state index is 13.8. The van der Waals surface area contributed by atoms with E-state index in [1.807, 2.05) is 18.2 Å². The molecule has 0 saturated carbocycles. The fourth-order valence-electron chi connectivity index (χ4n) is 4.38. The van der Waals surface area contributed by atoms with Crippen molar-refractivity contribution in [1.82, 2.24) is 14.7 Å². The van der Waals surface area contributed by atoms with Crippen LogP contribution in [0.25, 0.3) is 4.91 Å². The molecule has 1 N–H and O–H groups in total. The van der Waals surface area contributed by atoms with E-state index in [4.69, 9.17) is 4.52 Å². The molecule has 0 saturated heterocycles. The van der Waals surface area contributed by atoms with Crippen molar-refractivity contribution in [2.75, 3.05) is 11.7 Å². The second kappa shape index (κ2) is 7.94. The van der Waals surface area contributed by atoms with Gasteiger partial charge >= 0.3 is 6.18 Å². The van der Waals surface area contributed by atoms with E-state index in [2.05, 4.69) is 11.7 Å². The molecule has 0 aliphatic carbocycles. The Balaban J connectivity index is 1.80. The van der Waals surface area contributed by atoms with Crippen molar-refractivity contribution in [3.05, 3.63) is 81.6 Å². The third-order valence-electron chi connectivity index (χ3n) is 6.21. The molecule has 2 aromatic heterocycles. The molecule has 0 unspecified atom stereocenters. The minimum Gasteiger partial charge on any atom is -0.502 e. The van der Waals surface area contributed by atoms with Crippen molar-refractivity contribution >= 4 is 22.6 Å². The van der Waals surface area contributed by atoms with E-state index >= 15 is 0 Å². The van der Waals surface area contributed by atoms with Gasteiger partial charge < -0.3 is 14.5 Å². The van der Waals surface area contributed by atoms with Gasteiger partial charge in [-0.25, -0.2) is 0 Å². The molecule has 0 spiro atoms. The molecule has 4 heterocycles. The number of nitrogens with zero attached hydrogens (tertiary/aromatic N) is 4. The van der Waals surface area contributed by atoms with Crippen LogP contribution in [0, 0.1) is 6.92 Å². The summed E-state index contributed by atoms with van der Waals surface area (Å²) in [6.45, 7) is 6.15. The van der Waals surface area contributed by atoms with Gasteiger partial charge in [-0.1, -0.05) is 41.7 Å². The highest BCUT2D eigenvalue weighted by Crippen LogP contribution is 2.48. The molecule has 0 bridgehead atoms. The lowest BCUT2D eigenvalue weighted by Gasteiger charge is -2.45. The highest BCUT2D eigenvalue weighted by Gasteiger charge is 2.48. The molecule has 35 heavy (non-hydrogen) atoms. The lowest BCUT2D eigenvalue weighted by atomic mass is 9.96. The number of hydrogen-bond donors (Lipinski definition) is 1. The van der Waals surface area contributed by atoms with Crippen LogP contribution in [0.2, 0.25) is 0 Å². The molecule has 2 aliphatic rings. The molecule has 0 radical (unpaired) electrons. The maximum atomic E-state index is 13.8. The minimum absolute atomic E-state index is 0.368. The zero-order valence-corrected chi connectivity index (χ0v) is 19.4. The number of pyridine rings is 1. The van der Waals surface area contributed by atoms with Gasteiger partial charge in [-0.05, 0) is 25.5 Å². The number of carbonyl (C=O) groups excluding carboxylic acids is 1. The van der Waals surface area contributed by atoms with Crippen molar-refractivity contribution in [3.63, 3.8) is 0 Å². The zero-order valence-electron chi connectivity index (χ0n) is 18.5. The van der Waals surface area contributed by atoms with Crippen LogP contribution in [0.3, 0.4) is 0 Å². The third kappa shape index (κ3) is 3.51. The first-order valence-corrected chi connectivity index (χ1v) is 11.3. The average Bonchev–Trinajstić information content (AvgIpc) is 3.12. The van der Waals surface area contributed by atoms with Crippen molar-refractivity contribution in [1.29, 1.82) is 0 Å². The number of amides is 1. The zero-order chi connectivity index (χ0) is 25.2. The Labute approximate surface area is 201 Å². The van der Waals surface area contributed by atoms with Crippen LogP contribution < -0.4 is 10.4 Å². The Bertz CT molecular complexity index is 1430. The van der Waals surface area contributed by atoms with E-state index in [-0.39, 0.29) is 0 Å². The van der Waals surface area contributed by atoms with Crippen LogP contribution in [-0.4, -0.2) is 44.6 Å². The SMILES string of the molecule is C=C1Sc2ccccc2[C@@H](N2CN([C@H](C)C(F)(F)F)C(=O)c3c(O)c(=O)ccn32)c2c(C)noc21. The fourth-order valence-corrected chi connectivity index (χ4v) is 5.33. The van der Waals surface area contributed by atoms with Crippen LogP contribution in [-0.2, 0) is 0 Å². The normalized spacial score (nSPS) is 18.6. The largest absolute Gasteiger partial charge is 0.502 e. The van der Waals surface area contributed by atoms with Crippen molar-refractivity contribution in [2.24, 2.45) is 0 Å². The first-order chi connectivity index (χ1) is 16.5. The van der Waals surface area contributed by atoms with E-state index in [9.17, 15) is 27.9 Å². The van der Waals surface area contributed by atoms with E-state index in [0.717, 1.165) is 17.9 Å². The summed E-state index contributed by atoms with van der Waals surface area (Å²) >= 11 is 1.33. The van der Waals surface area contributed by atoms with Gasteiger partial charge in [0.05, 0.1) is 16.2 Å². The molecule has 12 heteroatoms. The van der Waals surface area contributed by atoms with Crippen LogP contribution in [0.4, 0.5) is 13.2 Å². The number of halogens is 3. The quantitative estimate of drug-likeness (QED) is 0.564. The molecular formula is C23H19F3N4O4S. The predicted molar refractivity (Wildman–Crippen MR) is 122 cm³/mol. The number of benzene rings is 1. The number of aryl methyl sites for hydroxylation is 1. The number of aromatic hydroxyl groups is 1. The van der Waals surface area contributed by atoms with Crippen molar-refractivity contribution in [3.8, 4) is 5.75 Å². The summed E-state index contributed by atoms with van der Waals surface area (Å²) in [5.41, 5.74) is 0.330. The number of aromatic nitrogens is 2. The summed E-state index contributed by atoms with van der Waals surface area (Å²) < 4.78 is 48.0. The number of carbonyl (C=O) groups is 1. The summed E-state index contributed by atoms with van der Waals surface area (Å²) in [5.74, 6) is -1.67. The third-order valence-corrected chi connectivity index (χ3v) is 7.24. The van der Waals surface area contributed by atoms with E-state index in [0.29, 0.717) is 32.4 Å². The Morgan fingerprint density at radius 1 is 1.26 bits per heavy atom. The molecule has 182 valence electrons. The summed E-state index contributed by atoms with van der Waals surface area (Å²) in [6, 6.07) is 5.37. The summed E-state index contributed by atoms with van der Waals surface area (Å²) in [5, 5.41) is 16.0. The van der Waals surface area contributed by atoms with Crippen LogP contribution in [0.15, 0.2) is 57.3 Å². The predicted octanol–water partition coefficient (Wildman–Crippen LogP) is 4.02. The van der Waals surface area contributed by atoms with Crippen LogP contribution in [0.1, 0.15) is 46.0 Å². The fraction of sp³-hybridized carbons (Fsp3) is 0.261. The van der Waals surface area contributed by atoms with Crippen molar-refractivity contribution < 1.29 is 27.6 Å². The molecule has 1 aromatic carbocycles. The smallest absolute Gasteiger partial charge is 0.408 e. The first kappa shape index (κ1) is 23.1. The number of fused-ring (bicyclic) bond motifs is 3. The topological polar surface area (TPSA) is 91.8 Å². The summed E-state index contributed by atoms with van der Waals surface area (Å²) in [7, 11) is 0. The molecular weight excluding hydrogens is 485 g/mol. The second-order valence-corrected chi connectivity index (χ2v) is 9.41. The molecule has 2 aliphatic heterocycles. The Morgan fingerprint density at radius 3 is 2.69 bits per heavy atom. The molecule has 1 amide bonds. The first-order valence-electron chi connectivity index (χ1n) is 10.5. The monoisotopic (exact) mass is 504 g/mol. The van der Waals surface area contributed by atoms with Crippen LogP contribution >= 0.6 is 11.8 Å². The lowest BCUT2D eigenvalue weighted by Crippen LogP contribution is -2.60. The lowest BCUT2D eigenvalue weighted by molar-refractivity contribution is -0.173. The van der Waals surface area contributed by atoms with Crippen LogP contribution in [0.5, 0.6) is 5.75 Å². The highest BCUT2D eigenvalue weighted by molar-refractivity contribution is 8.08. The Morgan fingerprint density at radius 2 is 1.97 bits per heavy atom. The van der Waals surface area contributed by atoms with E-state index in [1.54, 1.807) is 13.0 Å². The molecule has 8 nitrogen and oxygen atoms in total. The molecule has 3 aromatic rings. The van der Waals surface area contributed by atoms with Gasteiger partial charge in [0.15, 0.2) is 17.2 Å². The standard InChI is InChI=1S/C23H19F3N4O4S/c1-11-17-18(14-6-4-5-7-16(14)35-12(2)21(17)34-27-11)30-10-28(13(3)23(24,25)26)22(33)19-20(32)15(31)8-9-29(19)30/h4-9,13,18,32H,2,10H2,1,3H3/t13-,18-/m1/s1. The second-order valence-electron chi connectivity index (χ2n) is 8.27. The van der Waals surface area contributed by atoms with E-state index in [1.165, 1.54) is 27.6 Å². The van der Waals surface area contributed by atoms with Gasteiger partial charge in [0.25, 0.3) is 5.91 Å². The van der Waals surface area contributed by atoms with Crippen molar-refractivity contribution in [2.45, 2.75) is 37.0 Å². The van der Waals surface area contributed by atoms with Gasteiger partial charge in [0.2, 0.25) is 5.43 Å². The Hall–Kier alpha value is -3.67. The highest BCUT2D eigenvalue weighted by atomic mass is 32.2. The maximum Gasteiger partial charge on any atom is 0.408 e.